The van der Waals surface area contributed by atoms with Gasteiger partial charge in [0, 0.05) is 19.0 Å². The first-order valence-corrected chi connectivity index (χ1v) is 6.93. The van der Waals surface area contributed by atoms with Gasteiger partial charge >= 0.3 is 5.97 Å². The zero-order valence-electron chi connectivity index (χ0n) is 11.6. The van der Waals surface area contributed by atoms with Crippen LogP contribution in [0, 0.1) is 0 Å². The van der Waals surface area contributed by atoms with Crippen molar-refractivity contribution in [3.63, 3.8) is 0 Å². The summed E-state index contributed by atoms with van der Waals surface area (Å²) in [5.74, 6) is -1.41. The Morgan fingerprint density at radius 2 is 1.86 bits per heavy atom. The van der Waals surface area contributed by atoms with Gasteiger partial charge in [-0.25, -0.2) is 4.79 Å². The highest BCUT2D eigenvalue weighted by Gasteiger charge is 2.22. The summed E-state index contributed by atoms with van der Waals surface area (Å²) in [6.07, 6.45) is 2.30. The van der Waals surface area contributed by atoms with Gasteiger partial charge in [-0.05, 0) is 24.5 Å². The number of hydrogen-bond donors (Lipinski definition) is 3. The van der Waals surface area contributed by atoms with Crippen LogP contribution in [-0.4, -0.2) is 35.5 Å². The van der Waals surface area contributed by atoms with Crippen molar-refractivity contribution in [2.45, 2.75) is 31.7 Å². The number of carbonyl (C=O) groups excluding carboxylic acids is 2. The van der Waals surface area contributed by atoms with Crippen molar-refractivity contribution in [1.29, 1.82) is 0 Å². The van der Waals surface area contributed by atoms with E-state index in [0.29, 0.717) is 11.6 Å². The van der Waals surface area contributed by atoms with E-state index < -0.39 is 5.97 Å². The SMILES string of the molecule is O=C(Cc1ccccc1C(=O)O)NCCC(=O)NC1CC1. The second-order valence-corrected chi connectivity index (χ2v) is 5.08. The van der Waals surface area contributed by atoms with Gasteiger partial charge in [-0.3, -0.25) is 9.59 Å². The van der Waals surface area contributed by atoms with Gasteiger partial charge in [0.15, 0.2) is 0 Å². The van der Waals surface area contributed by atoms with Gasteiger partial charge in [0.2, 0.25) is 11.8 Å². The quantitative estimate of drug-likeness (QED) is 0.689. The molecule has 6 heteroatoms. The predicted molar refractivity (Wildman–Crippen MR) is 75.9 cm³/mol. The van der Waals surface area contributed by atoms with Gasteiger partial charge in [0.05, 0.1) is 12.0 Å². The highest BCUT2D eigenvalue weighted by Crippen LogP contribution is 2.18. The molecule has 1 fully saturated rings. The Hall–Kier alpha value is -2.37. The minimum atomic E-state index is -1.05. The molecule has 1 aliphatic rings. The summed E-state index contributed by atoms with van der Waals surface area (Å²) in [6.45, 7) is 0.257. The number of rotatable bonds is 7. The van der Waals surface area contributed by atoms with Crippen LogP contribution >= 0.6 is 0 Å². The average molecular weight is 290 g/mol. The topological polar surface area (TPSA) is 95.5 Å². The number of carbonyl (C=O) groups is 3. The Morgan fingerprint density at radius 1 is 1.14 bits per heavy atom. The third-order valence-corrected chi connectivity index (χ3v) is 3.22. The molecule has 0 aromatic heterocycles. The van der Waals surface area contributed by atoms with Gasteiger partial charge in [0.25, 0.3) is 0 Å². The first kappa shape index (κ1) is 15.0. The van der Waals surface area contributed by atoms with E-state index in [1.54, 1.807) is 18.2 Å². The maximum atomic E-state index is 11.8. The molecule has 21 heavy (non-hydrogen) atoms. The van der Waals surface area contributed by atoms with Gasteiger partial charge in [-0.1, -0.05) is 18.2 Å². The van der Waals surface area contributed by atoms with E-state index in [2.05, 4.69) is 10.6 Å². The van der Waals surface area contributed by atoms with Crippen LogP contribution in [0.4, 0.5) is 0 Å². The summed E-state index contributed by atoms with van der Waals surface area (Å²) in [6, 6.07) is 6.71. The molecule has 3 N–H and O–H groups in total. The molecular weight excluding hydrogens is 272 g/mol. The molecule has 0 heterocycles. The number of carboxylic acids is 1. The molecule has 0 radical (unpaired) electrons. The molecule has 2 rings (SSSR count). The van der Waals surface area contributed by atoms with Crippen LogP contribution in [-0.2, 0) is 16.0 Å². The molecule has 2 amide bonds. The van der Waals surface area contributed by atoms with Gasteiger partial charge in [-0.15, -0.1) is 0 Å². The summed E-state index contributed by atoms with van der Waals surface area (Å²) < 4.78 is 0. The number of amides is 2. The van der Waals surface area contributed by atoms with Crippen LogP contribution in [0.25, 0.3) is 0 Å². The fourth-order valence-corrected chi connectivity index (χ4v) is 1.96. The first-order valence-electron chi connectivity index (χ1n) is 6.93. The molecule has 0 unspecified atom stereocenters. The van der Waals surface area contributed by atoms with E-state index in [0.717, 1.165) is 12.8 Å². The second kappa shape index (κ2) is 6.88. The zero-order chi connectivity index (χ0) is 15.2. The van der Waals surface area contributed by atoms with Crippen LogP contribution in [0.2, 0.25) is 0 Å². The number of aromatic carboxylic acids is 1. The summed E-state index contributed by atoms with van der Waals surface area (Å²) in [7, 11) is 0. The zero-order valence-corrected chi connectivity index (χ0v) is 11.6. The van der Waals surface area contributed by atoms with Crippen LogP contribution in [0.15, 0.2) is 24.3 Å². The summed E-state index contributed by atoms with van der Waals surface area (Å²) in [5.41, 5.74) is 0.587. The minimum absolute atomic E-state index is 0.00722. The number of benzene rings is 1. The average Bonchev–Trinajstić information content (AvgIpc) is 3.23. The largest absolute Gasteiger partial charge is 0.478 e. The van der Waals surface area contributed by atoms with Crippen molar-refractivity contribution < 1.29 is 19.5 Å². The van der Waals surface area contributed by atoms with E-state index in [-0.39, 0.29) is 36.8 Å². The van der Waals surface area contributed by atoms with Crippen molar-refractivity contribution >= 4 is 17.8 Å². The number of hydrogen-bond acceptors (Lipinski definition) is 3. The lowest BCUT2D eigenvalue weighted by molar-refractivity contribution is -0.122. The Morgan fingerprint density at radius 3 is 2.52 bits per heavy atom. The fraction of sp³-hybridized carbons (Fsp3) is 0.400. The van der Waals surface area contributed by atoms with Gasteiger partial charge in [0.1, 0.15) is 0 Å². The molecule has 1 saturated carbocycles. The van der Waals surface area contributed by atoms with Crippen molar-refractivity contribution in [2.24, 2.45) is 0 Å². The lowest BCUT2D eigenvalue weighted by atomic mass is 10.0. The van der Waals surface area contributed by atoms with Crippen LogP contribution in [0.3, 0.4) is 0 Å². The molecule has 6 nitrogen and oxygen atoms in total. The van der Waals surface area contributed by atoms with Crippen molar-refractivity contribution in [3.8, 4) is 0 Å². The predicted octanol–water partition coefficient (Wildman–Crippen LogP) is 0.712. The minimum Gasteiger partial charge on any atom is -0.478 e. The molecule has 1 aliphatic carbocycles. The van der Waals surface area contributed by atoms with Crippen molar-refractivity contribution in [1.82, 2.24) is 10.6 Å². The van der Waals surface area contributed by atoms with Crippen molar-refractivity contribution in [2.75, 3.05) is 6.54 Å². The van der Waals surface area contributed by atoms with E-state index >= 15 is 0 Å². The molecular formula is C15H18N2O4. The summed E-state index contributed by atoms with van der Waals surface area (Å²) in [4.78, 5) is 34.2. The number of nitrogens with one attached hydrogen (secondary N) is 2. The van der Waals surface area contributed by atoms with Crippen molar-refractivity contribution in [3.05, 3.63) is 35.4 Å². The lowest BCUT2D eigenvalue weighted by Gasteiger charge is -2.07. The van der Waals surface area contributed by atoms with E-state index in [4.69, 9.17) is 5.11 Å². The van der Waals surface area contributed by atoms with Crippen LogP contribution in [0.5, 0.6) is 0 Å². The van der Waals surface area contributed by atoms with E-state index in [1.165, 1.54) is 6.07 Å². The first-order chi connectivity index (χ1) is 10.1. The van der Waals surface area contributed by atoms with Crippen LogP contribution < -0.4 is 10.6 Å². The molecule has 0 bridgehead atoms. The molecule has 0 saturated heterocycles. The van der Waals surface area contributed by atoms with Gasteiger partial charge < -0.3 is 15.7 Å². The van der Waals surface area contributed by atoms with E-state index in [1.807, 2.05) is 0 Å². The molecule has 0 spiro atoms. The third-order valence-electron chi connectivity index (χ3n) is 3.22. The standard InChI is InChI=1S/C15H18N2O4/c18-13(17-11-5-6-11)7-8-16-14(19)9-10-3-1-2-4-12(10)15(20)21/h1-4,11H,5-9H2,(H,16,19)(H,17,18)(H,20,21). The highest BCUT2D eigenvalue weighted by molar-refractivity contribution is 5.91. The highest BCUT2D eigenvalue weighted by atomic mass is 16.4. The van der Waals surface area contributed by atoms with Gasteiger partial charge in [-0.2, -0.15) is 0 Å². The molecule has 0 aliphatic heterocycles. The lowest BCUT2D eigenvalue weighted by Crippen LogP contribution is -2.32. The third kappa shape index (κ3) is 4.91. The maximum Gasteiger partial charge on any atom is 0.335 e. The maximum absolute atomic E-state index is 11.8. The fourth-order valence-electron chi connectivity index (χ4n) is 1.96. The normalized spacial score (nSPS) is 13.5. The molecule has 1 aromatic carbocycles. The summed E-state index contributed by atoms with van der Waals surface area (Å²) in [5, 5.41) is 14.5. The van der Waals surface area contributed by atoms with E-state index in [9.17, 15) is 14.4 Å². The Bertz CT molecular complexity index is 552. The Balaban J connectivity index is 1.76. The summed E-state index contributed by atoms with van der Waals surface area (Å²) >= 11 is 0. The van der Waals surface area contributed by atoms with Crippen LogP contribution in [0.1, 0.15) is 35.2 Å². The monoisotopic (exact) mass is 290 g/mol. The molecule has 112 valence electrons. The number of carboxylic acid groups (broad SMARTS) is 1. The molecule has 1 aromatic rings. The molecule has 0 atom stereocenters. The Kier molecular flexibility index (Phi) is 4.92. The second-order valence-electron chi connectivity index (χ2n) is 5.08. The smallest absolute Gasteiger partial charge is 0.335 e. The Labute approximate surface area is 122 Å².